The molecule has 0 aromatic heterocycles. The molecule has 1 unspecified atom stereocenters. The van der Waals surface area contributed by atoms with E-state index in [9.17, 15) is 9.18 Å². The van der Waals surface area contributed by atoms with Crippen LogP contribution in [0.4, 0.5) is 21.5 Å². The van der Waals surface area contributed by atoms with E-state index in [1.807, 2.05) is 11.8 Å². The monoisotopic (exact) mass is 342 g/mol. The topological polar surface area (TPSA) is 84.4 Å². The van der Waals surface area contributed by atoms with Crippen molar-refractivity contribution < 1.29 is 9.18 Å². The van der Waals surface area contributed by atoms with Gasteiger partial charge in [-0.05, 0) is 37.5 Å². The van der Waals surface area contributed by atoms with Gasteiger partial charge in [-0.2, -0.15) is 0 Å². The molecule has 25 heavy (non-hydrogen) atoms. The van der Waals surface area contributed by atoms with E-state index in [1.54, 1.807) is 0 Å². The number of halogens is 1. The Morgan fingerprint density at radius 1 is 1.28 bits per heavy atom. The van der Waals surface area contributed by atoms with Crippen LogP contribution in [0.5, 0.6) is 0 Å². The minimum absolute atomic E-state index is 0.0000146. The zero-order chi connectivity index (χ0) is 18.1. The van der Waals surface area contributed by atoms with Gasteiger partial charge in [-0.1, -0.05) is 23.8 Å². The van der Waals surface area contributed by atoms with Crippen LogP contribution in [0.3, 0.4) is 0 Å². The zero-order valence-corrected chi connectivity index (χ0v) is 14.5. The van der Waals surface area contributed by atoms with Crippen molar-refractivity contribution in [1.82, 2.24) is 4.90 Å². The van der Waals surface area contributed by atoms with Gasteiger partial charge in [0, 0.05) is 12.6 Å². The van der Waals surface area contributed by atoms with E-state index in [0.717, 1.165) is 12.5 Å². The van der Waals surface area contributed by atoms with Crippen molar-refractivity contribution in [3.8, 4) is 0 Å². The Balaban J connectivity index is 1.70. The first-order valence-corrected chi connectivity index (χ1v) is 8.34. The second-order valence-electron chi connectivity index (χ2n) is 6.53. The summed E-state index contributed by atoms with van der Waals surface area (Å²) in [6, 6.07) is 8.90. The molecule has 0 saturated heterocycles. The van der Waals surface area contributed by atoms with E-state index >= 15 is 0 Å². The van der Waals surface area contributed by atoms with E-state index in [4.69, 9.17) is 11.5 Å². The quantitative estimate of drug-likeness (QED) is 0.749. The average molecular weight is 342 g/mol. The summed E-state index contributed by atoms with van der Waals surface area (Å²) in [7, 11) is 0. The Morgan fingerprint density at radius 3 is 2.76 bits per heavy atom. The summed E-state index contributed by atoms with van der Waals surface area (Å²) in [6.07, 6.45) is 0.830. The molecule has 0 saturated carbocycles. The molecule has 2 aromatic carbocycles. The lowest BCUT2D eigenvalue weighted by Crippen LogP contribution is -2.41. The molecule has 1 aliphatic rings. The summed E-state index contributed by atoms with van der Waals surface area (Å²) in [4.78, 5) is 14.4. The number of fused-ring (bicyclic) bond motifs is 1. The van der Waals surface area contributed by atoms with Crippen LogP contribution in [0.1, 0.15) is 29.7 Å². The first-order chi connectivity index (χ1) is 11.9. The van der Waals surface area contributed by atoms with Crippen LogP contribution < -0.4 is 16.8 Å². The third-order valence-corrected chi connectivity index (χ3v) is 4.76. The molecule has 0 bridgehead atoms. The zero-order valence-electron chi connectivity index (χ0n) is 14.5. The molecule has 5 N–H and O–H groups in total. The molecule has 3 rings (SSSR count). The van der Waals surface area contributed by atoms with Gasteiger partial charge in [-0.3, -0.25) is 4.79 Å². The normalized spacial score (nSPS) is 16.4. The van der Waals surface area contributed by atoms with Crippen LogP contribution in [0.2, 0.25) is 0 Å². The third-order valence-electron chi connectivity index (χ3n) is 4.76. The molecule has 1 aliphatic heterocycles. The number of nitrogens with zero attached hydrogens (tertiary/aromatic N) is 1. The van der Waals surface area contributed by atoms with Gasteiger partial charge >= 0.3 is 0 Å². The molecular formula is C19H23FN4O. The smallest absolute Gasteiger partial charge is 0.242 e. The largest absolute Gasteiger partial charge is 0.397 e. The SMILES string of the molecule is Cc1ccc2c(c1)CCN(C(=O)CNc1cc(N)c(N)cc1F)C2C. The highest BCUT2D eigenvalue weighted by Gasteiger charge is 2.27. The summed E-state index contributed by atoms with van der Waals surface area (Å²) in [5, 5.41) is 2.83. The summed E-state index contributed by atoms with van der Waals surface area (Å²) < 4.78 is 13.9. The molecule has 6 heteroatoms. The van der Waals surface area contributed by atoms with Crippen LogP contribution in [0, 0.1) is 12.7 Å². The fraction of sp³-hybridized carbons (Fsp3) is 0.316. The molecule has 0 radical (unpaired) electrons. The Hall–Kier alpha value is -2.76. The van der Waals surface area contributed by atoms with Crippen molar-refractivity contribution in [1.29, 1.82) is 0 Å². The third kappa shape index (κ3) is 3.38. The van der Waals surface area contributed by atoms with Crippen molar-refractivity contribution >= 4 is 23.0 Å². The van der Waals surface area contributed by atoms with Gasteiger partial charge in [-0.15, -0.1) is 0 Å². The summed E-state index contributed by atoms with van der Waals surface area (Å²) in [5.74, 6) is -0.597. The number of nitrogens with one attached hydrogen (secondary N) is 1. The molecular weight excluding hydrogens is 319 g/mol. The van der Waals surface area contributed by atoms with Gasteiger partial charge in [-0.25, -0.2) is 4.39 Å². The highest BCUT2D eigenvalue weighted by atomic mass is 19.1. The lowest BCUT2D eigenvalue weighted by Gasteiger charge is -2.35. The van der Waals surface area contributed by atoms with E-state index in [0.29, 0.717) is 6.54 Å². The predicted octanol–water partition coefficient (Wildman–Crippen LogP) is 2.86. The number of nitrogen functional groups attached to an aromatic ring is 2. The van der Waals surface area contributed by atoms with Crippen LogP contribution in [0.15, 0.2) is 30.3 Å². The number of rotatable bonds is 3. The standard InChI is InChI=1S/C19H23FN4O/c1-11-3-4-14-12(2)24(6-5-13(14)7-11)19(25)10-23-18-9-17(22)16(21)8-15(18)20/h3-4,7-9,12,23H,5-6,10,21-22H2,1-2H3. The second kappa shape index (κ2) is 6.63. The molecule has 1 amide bonds. The molecule has 1 heterocycles. The highest BCUT2D eigenvalue weighted by Crippen LogP contribution is 2.30. The number of carbonyl (C=O) groups excluding carboxylic acids is 1. The molecule has 0 aliphatic carbocycles. The van der Waals surface area contributed by atoms with Crippen LogP contribution >= 0.6 is 0 Å². The highest BCUT2D eigenvalue weighted by molar-refractivity contribution is 5.82. The molecule has 5 nitrogen and oxygen atoms in total. The minimum atomic E-state index is -0.521. The average Bonchev–Trinajstić information content (AvgIpc) is 2.57. The van der Waals surface area contributed by atoms with E-state index in [1.165, 1.54) is 22.8 Å². The second-order valence-corrected chi connectivity index (χ2v) is 6.53. The maximum atomic E-state index is 13.9. The van der Waals surface area contributed by atoms with Crippen molar-refractivity contribution in [2.75, 3.05) is 29.9 Å². The fourth-order valence-corrected chi connectivity index (χ4v) is 3.31. The van der Waals surface area contributed by atoms with Gasteiger partial charge in [0.25, 0.3) is 0 Å². The molecule has 0 spiro atoms. The predicted molar refractivity (Wildman–Crippen MR) is 98.7 cm³/mol. The van der Waals surface area contributed by atoms with Crippen molar-refractivity contribution in [2.24, 2.45) is 0 Å². The van der Waals surface area contributed by atoms with Crippen molar-refractivity contribution in [2.45, 2.75) is 26.3 Å². The molecule has 1 atom stereocenters. The molecule has 2 aromatic rings. The van der Waals surface area contributed by atoms with Crippen molar-refractivity contribution in [3.63, 3.8) is 0 Å². The van der Waals surface area contributed by atoms with Crippen LogP contribution in [0.25, 0.3) is 0 Å². The molecule has 132 valence electrons. The number of hydrogen-bond donors (Lipinski definition) is 3. The van der Waals surface area contributed by atoms with Gasteiger partial charge in [0.1, 0.15) is 5.82 Å². The lowest BCUT2D eigenvalue weighted by atomic mass is 9.92. The number of benzene rings is 2. The first kappa shape index (κ1) is 17.1. The number of anilines is 3. The molecule has 0 fully saturated rings. The van der Waals surface area contributed by atoms with Gasteiger partial charge in [0.2, 0.25) is 5.91 Å². The Kier molecular flexibility index (Phi) is 4.53. The van der Waals surface area contributed by atoms with Crippen molar-refractivity contribution in [3.05, 3.63) is 52.8 Å². The number of nitrogens with two attached hydrogens (primary N) is 2. The van der Waals surface area contributed by atoms with E-state index < -0.39 is 5.82 Å². The maximum absolute atomic E-state index is 13.9. The summed E-state index contributed by atoms with van der Waals surface area (Å²) in [6.45, 7) is 4.75. The number of hydrogen-bond acceptors (Lipinski definition) is 4. The number of carbonyl (C=O) groups is 1. The summed E-state index contributed by atoms with van der Waals surface area (Å²) in [5.41, 5.74) is 15.6. The summed E-state index contributed by atoms with van der Waals surface area (Å²) >= 11 is 0. The number of aryl methyl sites for hydroxylation is 1. The Labute approximate surface area is 146 Å². The Bertz CT molecular complexity index is 821. The van der Waals surface area contributed by atoms with Crippen LogP contribution in [-0.2, 0) is 11.2 Å². The minimum Gasteiger partial charge on any atom is -0.397 e. The van der Waals surface area contributed by atoms with Gasteiger partial charge in [0.15, 0.2) is 0 Å². The van der Waals surface area contributed by atoms with Gasteiger partial charge in [0.05, 0.1) is 29.6 Å². The first-order valence-electron chi connectivity index (χ1n) is 8.34. The lowest BCUT2D eigenvalue weighted by molar-refractivity contribution is -0.131. The number of amides is 1. The fourth-order valence-electron chi connectivity index (χ4n) is 3.31. The van der Waals surface area contributed by atoms with Gasteiger partial charge < -0.3 is 21.7 Å². The maximum Gasteiger partial charge on any atom is 0.242 e. The van der Waals surface area contributed by atoms with Crippen LogP contribution in [-0.4, -0.2) is 23.9 Å². The van der Waals surface area contributed by atoms with E-state index in [2.05, 4.69) is 30.4 Å². The van der Waals surface area contributed by atoms with E-state index in [-0.39, 0.29) is 35.6 Å². The Morgan fingerprint density at radius 2 is 2.00 bits per heavy atom.